The molecule has 3 aromatic rings. The second-order valence-electron chi connectivity index (χ2n) is 5.00. The fourth-order valence-electron chi connectivity index (χ4n) is 2.34. The van der Waals surface area contributed by atoms with Crippen molar-refractivity contribution in [3.05, 3.63) is 47.0 Å². The molecular formula is C16H16N2O2S. The van der Waals surface area contributed by atoms with Crippen LogP contribution in [0, 0.1) is 20.8 Å². The highest BCUT2D eigenvalue weighted by molar-refractivity contribution is 7.99. The van der Waals surface area contributed by atoms with Crippen LogP contribution in [0.25, 0.3) is 10.9 Å². The van der Waals surface area contributed by atoms with Gasteiger partial charge in [0, 0.05) is 22.2 Å². The molecule has 0 aliphatic rings. The van der Waals surface area contributed by atoms with Crippen LogP contribution in [0.15, 0.2) is 33.9 Å². The van der Waals surface area contributed by atoms with Crippen molar-refractivity contribution in [3.8, 4) is 0 Å². The molecule has 1 N–H and O–H groups in total. The minimum Gasteiger partial charge on any atom is -0.437 e. The number of oxazole rings is 1. The Kier molecular flexibility index (Phi) is 3.59. The van der Waals surface area contributed by atoms with Gasteiger partial charge in [-0.25, -0.2) is 4.98 Å². The van der Waals surface area contributed by atoms with Gasteiger partial charge in [0.25, 0.3) is 5.22 Å². The second kappa shape index (κ2) is 5.41. The van der Waals surface area contributed by atoms with Crippen molar-refractivity contribution in [2.24, 2.45) is 0 Å². The lowest BCUT2D eigenvalue weighted by Crippen LogP contribution is -2.03. The van der Waals surface area contributed by atoms with E-state index in [2.05, 4.69) is 9.97 Å². The molecule has 1 aromatic carbocycles. The fourth-order valence-corrected chi connectivity index (χ4v) is 3.12. The van der Waals surface area contributed by atoms with E-state index in [4.69, 9.17) is 4.42 Å². The van der Waals surface area contributed by atoms with Gasteiger partial charge in [-0.1, -0.05) is 30.0 Å². The SMILES string of the molecule is Cc1nc(SCC(=O)c2c(C)[nH]c3ccccc23)oc1C. The molecule has 0 spiro atoms. The van der Waals surface area contributed by atoms with Gasteiger partial charge in [-0.2, -0.15) is 0 Å². The first-order valence-electron chi connectivity index (χ1n) is 6.73. The highest BCUT2D eigenvalue weighted by Crippen LogP contribution is 2.26. The number of aromatic amines is 1. The Labute approximate surface area is 127 Å². The standard InChI is InChI=1S/C16H16N2O2S/c1-9-11(3)20-16(18-9)21-8-14(19)15-10(2)17-13-7-5-4-6-12(13)15/h4-7,17H,8H2,1-3H3. The number of carbonyl (C=O) groups excluding carboxylic acids is 1. The highest BCUT2D eigenvalue weighted by Gasteiger charge is 2.17. The van der Waals surface area contributed by atoms with Crippen LogP contribution >= 0.6 is 11.8 Å². The van der Waals surface area contributed by atoms with Crippen LogP contribution < -0.4 is 0 Å². The van der Waals surface area contributed by atoms with Gasteiger partial charge in [-0.05, 0) is 26.8 Å². The summed E-state index contributed by atoms with van der Waals surface area (Å²) in [6.45, 7) is 5.70. The number of thioether (sulfide) groups is 1. The van der Waals surface area contributed by atoms with E-state index in [1.807, 2.05) is 45.0 Å². The molecule has 0 amide bonds. The third-order valence-corrected chi connectivity index (χ3v) is 4.34. The summed E-state index contributed by atoms with van der Waals surface area (Å²) in [5.74, 6) is 1.21. The lowest BCUT2D eigenvalue weighted by atomic mass is 10.1. The number of carbonyl (C=O) groups is 1. The lowest BCUT2D eigenvalue weighted by Gasteiger charge is -1.99. The summed E-state index contributed by atoms with van der Waals surface area (Å²) in [7, 11) is 0. The average molecular weight is 300 g/mol. The summed E-state index contributed by atoms with van der Waals surface area (Å²) < 4.78 is 5.49. The van der Waals surface area contributed by atoms with Gasteiger partial charge in [0.05, 0.1) is 11.4 Å². The maximum atomic E-state index is 12.5. The van der Waals surface area contributed by atoms with Gasteiger partial charge in [0.1, 0.15) is 5.76 Å². The molecule has 0 unspecified atom stereocenters. The van der Waals surface area contributed by atoms with Gasteiger partial charge in [-0.3, -0.25) is 4.79 Å². The van der Waals surface area contributed by atoms with Crippen molar-refractivity contribution >= 4 is 28.4 Å². The van der Waals surface area contributed by atoms with E-state index in [1.54, 1.807) is 0 Å². The van der Waals surface area contributed by atoms with Crippen LogP contribution in [0.3, 0.4) is 0 Å². The summed E-state index contributed by atoms with van der Waals surface area (Å²) in [6.07, 6.45) is 0. The summed E-state index contributed by atoms with van der Waals surface area (Å²) >= 11 is 1.34. The van der Waals surface area contributed by atoms with Crippen LogP contribution in [0.1, 0.15) is 27.5 Å². The van der Waals surface area contributed by atoms with Crippen LogP contribution in [-0.4, -0.2) is 21.5 Å². The zero-order valence-electron chi connectivity index (χ0n) is 12.2. The Hall–Kier alpha value is -2.01. The number of Topliss-reactive ketones (excluding diaryl/α,β-unsaturated/α-hetero) is 1. The second-order valence-corrected chi connectivity index (χ2v) is 5.93. The number of ketones is 1. The zero-order chi connectivity index (χ0) is 15.0. The topological polar surface area (TPSA) is 58.9 Å². The van der Waals surface area contributed by atoms with E-state index in [9.17, 15) is 4.79 Å². The van der Waals surface area contributed by atoms with Crippen molar-refractivity contribution in [1.29, 1.82) is 0 Å². The molecule has 108 valence electrons. The number of rotatable bonds is 4. The van der Waals surface area contributed by atoms with Crippen LogP contribution in [-0.2, 0) is 0 Å². The number of para-hydroxylation sites is 1. The molecular weight excluding hydrogens is 284 g/mol. The van der Waals surface area contributed by atoms with Crippen LogP contribution in [0.5, 0.6) is 0 Å². The summed E-state index contributed by atoms with van der Waals surface area (Å²) in [6, 6.07) is 7.85. The normalized spacial score (nSPS) is 11.2. The van der Waals surface area contributed by atoms with Gasteiger partial charge in [0.15, 0.2) is 5.78 Å². The molecule has 5 heteroatoms. The van der Waals surface area contributed by atoms with E-state index in [0.717, 1.165) is 33.6 Å². The van der Waals surface area contributed by atoms with Crippen molar-refractivity contribution < 1.29 is 9.21 Å². The summed E-state index contributed by atoms with van der Waals surface area (Å²) in [4.78, 5) is 20.0. The average Bonchev–Trinajstić information content (AvgIpc) is 2.95. The number of nitrogens with one attached hydrogen (secondary N) is 1. The molecule has 0 saturated heterocycles. The number of hydrogen-bond acceptors (Lipinski definition) is 4. The molecule has 0 radical (unpaired) electrons. The molecule has 2 heterocycles. The molecule has 0 aliphatic carbocycles. The largest absolute Gasteiger partial charge is 0.437 e. The van der Waals surface area contributed by atoms with E-state index in [0.29, 0.717) is 11.0 Å². The molecule has 0 fully saturated rings. The smallest absolute Gasteiger partial charge is 0.256 e. The molecule has 3 rings (SSSR count). The van der Waals surface area contributed by atoms with Gasteiger partial charge >= 0.3 is 0 Å². The molecule has 4 nitrogen and oxygen atoms in total. The first-order valence-corrected chi connectivity index (χ1v) is 7.72. The number of benzene rings is 1. The summed E-state index contributed by atoms with van der Waals surface area (Å²) in [5, 5.41) is 1.52. The minimum absolute atomic E-state index is 0.0865. The number of H-pyrrole nitrogens is 1. The Morgan fingerprint density at radius 3 is 2.76 bits per heavy atom. The van der Waals surface area contributed by atoms with Gasteiger partial charge < -0.3 is 9.40 Å². The quantitative estimate of drug-likeness (QED) is 0.583. The highest BCUT2D eigenvalue weighted by atomic mass is 32.2. The van der Waals surface area contributed by atoms with Crippen molar-refractivity contribution in [2.75, 3.05) is 5.75 Å². The molecule has 0 saturated carbocycles. The number of aryl methyl sites for hydroxylation is 3. The third kappa shape index (κ3) is 2.61. The van der Waals surface area contributed by atoms with E-state index in [1.165, 1.54) is 11.8 Å². The van der Waals surface area contributed by atoms with Crippen molar-refractivity contribution in [3.63, 3.8) is 0 Å². The first-order chi connectivity index (χ1) is 10.1. The molecule has 0 aliphatic heterocycles. The zero-order valence-corrected chi connectivity index (χ0v) is 13.0. The number of hydrogen-bond donors (Lipinski definition) is 1. The van der Waals surface area contributed by atoms with Gasteiger partial charge in [-0.15, -0.1) is 0 Å². The lowest BCUT2D eigenvalue weighted by molar-refractivity contribution is 0.102. The molecule has 21 heavy (non-hydrogen) atoms. The predicted molar refractivity (Wildman–Crippen MR) is 84.1 cm³/mol. The number of aromatic nitrogens is 2. The number of fused-ring (bicyclic) bond motifs is 1. The number of nitrogens with zero attached hydrogens (tertiary/aromatic N) is 1. The Balaban J connectivity index is 1.82. The molecule has 0 bridgehead atoms. The van der Waals surface area contributed by atoms with E-state index < -0.39 is 0 Å². The third-order valence-electron chi connectivity index (χ3n) is 3.51. The van der Waals surface area contributed by atoms with Crippen LogP contribution in [0.2, 0.25) is 0 Å². The maximum absolute atomic E-state index is 12.5. The maximum Gasteiger partial charge on any atom is 0.256 e. The summed E-state index contributed by atoms with van der Waals surface area (Å²) in [5.41, 5.74) is 3.53. The Morgan fingerprint density at radius 1 is 1.29 bits per heavy atom. The van der Waals surface area contributed by atoms with E-state index >= 15 is 0 Å². The van der Waals surface area contributed by atoms with Crippen molar-refractivity contribution in [1.82, 2.24) is 9.97 Å². The Bertz CT molecular complexity index is 797. The predicted octanol–water partition coefficient (Wildman–Crippen LogP) is 4.06. The first kappa shape index (κ1) is 13.9. The van der Waals surface area contributed by atoms with Crippen LogP contribution in [0.4, 0.5) is 0 Å². The minimum atomic E-state index is 0.0865. The fraction of sp³-hybridized carbons (Fsp3) is 0.250. The monoisotopic (exact) mass is 300 g/mol. The molecule has 2 aromatic heterocycles. The van der Waals surface area contributed by atoms with Crippen molar-refractivity contribution in [2.45, 2.75) is 26.0 Å². The van der Waals surface area contributed by atoms with Gasteiger partial charge in [0.2, 0.25) is 0 Å². The Morgan fingerprint density at radius 2 is 2.05 bits per heavy atom. The van der Waals surface area contributed by atoms with E-state index in [-0.39, 0.29) is 5.78 Å². The molecule has 0 atom stereocenters.